The Morgan fingerprint density at radius 1 is 1.14 bits per heavy atom. The zero-order valence-electron chi connectivity index (χ0n) is 11.9. The lowest BCUT2D eigenvalue weighted by Crippen LogP contribution is -2.37. The Morgan fingerprint density at radius 2 is 1.90 bits per heavy atom. The second kappa shape index (κ2) is 6.39. The van der Waals surface area contributed by atoms with Crippen molar-refractivity contribution in [2.24, 2.45) is 0 Å². The highest BCUT2D eigenvalue weighted by Crippen LogP contribution is 2.28. The maximum atomic E-state index is 12.4. The summed E-state index contributed by atoms with van der Waals surface area (Å²) in [7, 11) is 0. The highest BCUT2D eigenvalue weighted by molar-refractivity contribution is 5.81. The number of carbonyl (C=O) groups excluding carboxylic acids is 1. The van der Waals surface area contributed by atoms with E-state index in [4.69, 9.17) is 0 Å². The highest BCUT2D eigenvalue weighted by Gasteiger charge is 2.32. The van der Waals surface area contributed by atoms with Gasteiger partial charge in [-0.3, -0.25) is 9.78 Å². The van der Waals surface area contributed by atoms with Crippen LogP contribution in [0, 0.1) is 0 Å². The van der Waals surface area contributed by atoms with Crippen LogP contribution in [0.25, 0.3) is 0 Å². The van der Waals surface area contributed by atoms with Gasteiger partial charge in [-0.25, -0.2) is 0 Å². The number of hydrogen-bond acceptors (Lipinski definition) is 3. The van der Waals surface area contributed by atoms with Crippen molar-refractivity contribution in [3.63, 3.8) is 0 Å². The van der Waals surface area contributed by atoms with E-state index in [0.717, 1.165) is 24.2 Å². The van der Waals surface area contributed by atoms with Gasteiger partial charge in [-0.1, -0.05) is 24.3 Å². The molecule has 0 spiro atoms. The normalized spacial score (nSPS) is 13.7. The van der Waals surface area contributed by atoms with Crippen LogP contribution >= 0.6 is 0 Å². The van der Waals surface area contributed by atoms with Crippen LogP contribution in [0.4, 0.5) is 5.69 Å². The maximum absolute atomic E-state index is 12.4. The van der Waals surface area contributed by atoms with Crippen LogP contribution in [0.15, 0.2) is 54.7 Å². The zero-order chi connectivity index (χ0) is 14.5. The van der Waals surface area contributed by atoms with Crippen LogP contribution < -0.4 is 5.32 Å². The SMILES string of the molecule is O=C(CNc1ccccc1)N(Cc1ccccn1)C1CC1. The lowest BCUT2D eigenvalue weighted by molar-refractivity contribution is -0.130. The molecule has 1 aliphatic carbocycles. The van der Waals surface area contributed by atoms with Crippen molar-refractivity contribution in [2.75, 3.05) is 11.9 Å². The van der Waals surface area contributed by atoms with E-state index in [0.29, 0.717) is 19.1 Å². The molecular formula is C17H19N3O. The molecule has 108 valence electrons. The van der Waals surface area contributed by atoms with Crippen LogP contribution in [0.3, 0.4) is 0 Å². The molecule has 1 heterocycles. The van der Waals surface area contributed by atoms with Crippen molar-refractivity contribution in [1.29, 1.82) is 0 Å². The molecule has 4 heteroatoms. The average Bonchev–Trinajstić information content (AvgIpc) is 3.37. The van der Waals surface area contributed by atoms with Crippen LogP contribution in [-0.2, 0) is 11.3 Å². The fraction of sp³-hybridized carbons (Fsp3) is 0.294. The van der Waals surface area contributed by atoms with Gasteiger partial charge in [0.25, 0.3) is 0 Å². The third-order valence-electron chi connectivity index (χ3n) is 3.58. The zero-order valence-corrected chi connectivity index (χ0v) is 11.9. The van der Waals surface area contributed by atoms with E-state index >= 15 is 0 Å². The first-order chi connectivity index (χ1) is 10.3. The number of para-hydroxylation sites is 1. The van der Waals surface area contributed by atoms with Gasteiger partial charge in [0.2, 0.25) is 5.91 Å². The van der Waals surface area contributed by atoms with Gasteiger partial charge in [-0.05, 0) is 37.1 Å². The fourth-order valence-electron chi connectivity index (χ4n) is 2.31. The van der Waals surface area contributed by atoms with E-state index < -0.39 is 0 Å². The predicted molar refractivity (Wildman–Crippen MR) is 82.7 cm³/mol. The van der Waals surface area contributed by atoms with Crippen molar-refractivity contribution in [3.8, 4) is 0 Å². The number of nitrogens with one attached hydrogen (secondary N) is 1. The number of amides is 1. The fourth-order valence-corrected chi connectivity index (χ4v) is 2.31. The molecule has 1 saturated carbocycles. The Labute approximate surface area is 124 Å². The van der Waals surface area contributed by atoms with Gasteiger partial charge in [0.1, 0.15) is 0 Å². The highest BCUT2D eigenvalue weighted by atomic mass is 16.2. The summed E-state index contributed by atoms with van der Waals surface area (Å²) in [6.45, 7) is 0.925. The molecule has 1 amide bonds. The van der Waals surface area contributed by atoms with E-state index in [-0.39, 0.29) is 5.91 Å². The van der Waals surface area contributed by atoms with Crippen molar-refractivity contribution in [3.05, 3.63) is 60.4 Å². The molecule has 0 bridgehead atoms. The molecule has 0 atom stereocenters. The van der Waals surface area contributed by atoms with E-state index in [1.807, 2.05) is 53.4 Å². The third-order valence-corrected chi connectivity index (χ3v) is 3.58. The average molecular weight is 281 g/mol. The summed E-state index contributed by atoms with van der Waals surface area (Å²) in [6, 6.07) is 16.0. The van der Waals surface area contributed by atoms with Crippen molar-refractivity contribution < 1.29 is 4.79 Å². The standard InChI is InChI=1S/C17H19N3O/c21-17(12-19-14-6-2-1-3-7-14)20(16-9-10-16)13-15-8-4-5-11-18-15/h1-8,11,16,19H,9-10,12-13H2. The third kappa shape index (κ3) is 3.81. The van der Waals surface area contributed by atoms with Crippen LogP contribution in [0.1, 0.15) is 18.5 Å². The van der Waals surface area contributed by atoms with Gasteiger partial charge in [0, 0.05) is 17.9 Å². The maximum Gasteiger partial charge on any atom is 0.242 e. The number of rotatable bonds is 6. The molecule has 0 aliphatic heterocycles. The molecule has 0 unspecified atom stereocenters. The van der Waals surface area contributed by atoms with Gasteiger partial charge in [-0.2, -0.15) is 0 Å². The van der Waals surface area contributed by atoms with E-state index in [1.165, 1.54) is 0 Å². The number of nitrogens with zero attached hydrogens (tertiary/aromatic N) is 2. The molecule has 0 radical (unpaired) electrons. The minimum atomic E-state index is 0.131. The van der Waals surface area contributed by atoms with Crippen molar-refractivity contribution in [2.45, 2.75) is 25.4 Å². The Kier molecular flexibility index (Phi) is 4.15. The summed E-state index contributed by atoms with van der Waals surface area (Å²) < 4.78 is 0. The second-order valence-electron chi connectivity index (χ2n) is 5.29. The Balaban J connectivity index is 1.60. The summed E-state index contributed by atoms with van der Waals surface area (Å²) in [5, 5.41) is 3.18. The van der Waals surface area contributed by atoms with Gasteiger partial charge in [-0.15, -0.1) is 0 Å². The minimum absolute atomic E-state index is 0.131. The van der Waals surface area contributed by atoms with Gasteiger partial charge in [0.05, 0.1) is 18.8 Å². The Hall–Kier alpha value is -2.36. The van der Waals surface area contributed by atoms with E-state index in [2.05, 4.69) is 10.3 Å². The molecule has 1 aliphatic rings. The minimum Gasteiger partial charge on any atom is -0.376 e. The van der Waals surface area contributed by atoms with E-state index in [1.54, 1.807) is 6.20 Å². The van der Waals surface area contributed by atoms with Gasteiger partial charge >= 0.3 is 0 Å². The molecule has 21 heavy (non-hydrogen) atoms. The summed E-state index contributed by atoms with van der Waals surface area (Å²) in [4.78, 5) is 18.7. The molecule has 1 aromatic carbocycles. The molecule has 1 N–H and O–H groups in total. The molecule has 0 saturated heterocycles. The summed E-state index contributed by atoms with van der Waals surface area (Å²) in [6.07, 6.45) is 3.97. The number of aromatic nitrogens is 1. The van der Waals surface area contributed by atoms with Crippen LogP contribution in [-0.4, -0.2) is 28.4 Å². The first-order valence-corrected chi connectivity index (χ1v) is 7.31. The summed E-state index contributed by atoms with van der Waals surface area (Å²) in [5.41, 5.74) is 1.91. The topological polar surface area (TPSA) is 45.2 Å². The summed E-state index contributed by atoms with van der Waals surface area (Å²) >= 11 is 0. The second-order valence-corrected chi connectivity index (χ2v) is 5.29. The molecule has 2 aromatic rings. The number of anilines is 1. The van der Waals surface area contributed by atoms with Crippen molar-refractivity contribution >= 4 is 11.6 Å². The number of hydrogen-bond donors (Lipinski definition) is 1. The molecule has 4 nitrogen and oxygen atoms in total. The largest absolute Gasteiger partial charge is 0.376 e. The van der Waals surface area contributed by atoms with Gasteiger partial charge < -0.3 is 10.2 Å². The van der Waals surface area contributed by atoms with E-state index in [9.17, 15) is 4.79 Å². The first-order valence-electron chi connectivity index (χ1n) is 7.31. The molecular weight excluding hydrogens is 262 g/mol. The molecule has 3 rings (SSSR count). The number of carbonyl (C=O) groups is 1. The van der Waals surface area contributed by atoms with Gasteiger partial charge in [0.15, 0.2) is 0 Å². The Bertz CT molecular complexity index is 581. The quantitative estimate of drug-likeness (QED) is 0.885. The predicted octanol–water partition coefficient (Wildman–Crippen LogP) is 2.68. The summed E-state index contributed by atoms with van der Waals surface area (Å²) in [5.74, 6) is 0.131. The lowest BCUT2D eigenvalue weighted by Gasteiger charge is -2.22. The smallest absolute Gasteiger partial charge is 0.242 e. The van der Waals surface area contributed by atoms with Crippen LogP contribution in [0.5, 0.6) is 0 Å². The lowest BCUT2D eigenvalue weighted by atomic mass is 10.3. The number of pyridine rings is 1. The number of benzene rings is 1. The molecule has 1 fully saturated rings. The molecule has 1 aromatic heterocycles. The Morgan fingerprint density at radius 3 is 2.57 bits per heavy atom. The first kappa shape index (κ1) is 13.6. The van der Waals surface area contributed by atoms with Crippen LogP contribution in [0.2, 0.25) is 0 Å². The monoisotopic (exact) mass is 281 g/mol. The van der Waals surface area contributed by atoms with Crippen molar-refractivity contribution in [1.82, 2.24) is 9.88 Å².